The molecule has 50 heavy (non-hydrogen) atoms. The van der Waals surface area contributed by atoms with Gasteiger partial charge in [-0.25, -0.2) is 0 Å². The third kappa shape index (κ3) is 41.4. The fourth-order valence-corrected chi connectivity index (χ4v) is 7.42. The molecular weight excluding hydrogens is 617 g/mol. The first kappa shape index (κ1) is 48.9. The number of hydrogen-bond acceptors (Lipinski definition) is 3. The summed E-state index contributed by atoms with van der Waals surface area (Å²) in [4.78, 5) is 23.4. The van der Waals surface area contributed by atoms with E-state index in [4.69, 9.17) is 9.84 Å². The Kier molecular flexibility index (Phi) is 41.5. The molecule has 0 aliphatic rings. The molecule has 0 bridgehead atoms. The Morgan fingerprint density at radius 3 is 0.880 bits per heavy atom. The third-order valence-corrected chi connectivity index (χ3v) is 10.8. The summed E-state index contributed by atoms with van der Waals surface area (Å²) in [7, 11) is 0. The van der Waals surface area contributed by atoms with E-state index in [2.05, 4.69) is 13.8 Å². The molecule has 0 radical (unpaired) electrons. The molecule has 0 aromatic rings. The number of carbonyl (C=O) groups excluding carboxylic acids is 1. The van der Waals surface area contributed by atoms with E-state index in [1.807, 2.05) is 0 Å². The zero-order valence-corrected chi connectivity index (χ0v) is 34.2. The second-order valence-electron chi connectivity index (χ2n) is 16.0. The minimum Gasteiger partial charge on any atom is -0.481 e. The van der Waals surface area contributed by atoms with E-state index in [0.29, 0.717) is 12.8 Å². The Morgan fingerprint density at radius 2 is 0.600 bits per heavy atom. The van der Waals surface area contributed by atoms with E-state index in [0.717, 1.165) is 51.4 Å². The van der Waals surface area contributed by atoms with Crippen molar-refractivity contribution in [3.8, 4) is 0 Å². The molecule has 1 atom stereocenters. The molecule has 0 saturated heterocycles. The summed E-state index contributed by atoms with van der Waals surface area (Å²) < 4.78 is 6.07. The summed E-state index contributed by atoms with van der Waals surface area (Å²) in [5, 5.41) is 8.77. The van der Waals surface area contributed by atoms with Crippen LogP contribution in [0.25, 0.3) is 0 Å². The summed E-state index contributed by atoms with van der Waals surface area (Å²) in [5.41, 5.74) is 0. The molecule has 0 aliphatic carbocycles. The highest BCUT2D eigenvalue weighted by atomic mass is 16.5. The lowest BCUT2D eigenvalue weighted by Crippen LogP contribution is -2.18. The average molecular weight is 707 g/mol. The van der Waals surface area contributed by atoms with Gasteiger partial charge in [0.2, 0.25) is 0 Å². The van der Waals surface area contributed by atoms with Crippen LogP contribution in [-0.2, 0) is 14.3 Å². The van der Waals surface area contributed by atoms with Crippen molar-refractivity contribution in [3.63, 3.8) is 0 Å². The Hall–Kier alpha value is -1.06. The predicted molar refractivity (Wildman–Crippen MR) is 218 cm³/mol. The van der Waals surface area contributed by atoms with Crippen molar-refractivity contribution in [2.24, 2.45) is 0 Å². The van der Waals surface area contributed by atoms with E-state index >= 15 is 0 Å². The number of hydrogen-bond donors (Lipinski definition) is 1. The van der Waals surface area contributed by atoms with Gasteiger partial charge in [-0.1, -0.05) is 226 Å². The smallest absolute Gasteiger partial charge is 0.306 e. The Balaban J connectivity index is 3.93. The maximum Gasteiger partial charge on any atom is 0.306 e. The summed E-state index contributed by atoms with van der Waals surface area (Å²) in [5.74, 6) is -0.640. The highest BCUT2D eigenvalue weighted by Gasteiger charge is 2.14. The van der Waals surface area contributed by atoms with Crippen LogP contribution in [0.4, 0.5) is 0 Å². The maximum atomic E-state index is 12.8. The summed E-state index contributed by atoms with van der Waals surface area (Å²) in [6.45, 7) is 4.58. The van der Waals surface area contributed by atoms with Crippen LogP contribution in [0.15, 0.2) is 0 Å². The van der Waals surface area contributed by atoms with Crippen molar-refractivity contribution in [2.75, 3.05) is 0 Å². The maximum absolute atomic E-state index is 12.8. The van der Waals surface area contributed by atoms with Crippen LogP contribution in [0, 0.1) is 0 Å². The second kappa shape index (κ2) is 42.4. The van der Waals surface area contributed by atoms with Crippen LogP contribution in [0.3, 0.4) is 0 Å². The van der Waals surface area contributed by atoms with E-state index < -0.39 is 5.97 Å². The Morgan fingerprint density at radius 1 is 0.360 bits per heavy atom. The molecule has 1 unspecified atom stereocenters. The van der Waals surface area contributed by atoms with E-state index in [-0.39, 0.29) is 12.1 Å². The molecule has 298 valence electrons. The molecule has 0 amide bonds. The summed E-state index contributed by atoms with van der Waals surface area (Å²) >= 11 is 0. The second-order valence-corrected chi connectivity index (χ2v) is 16.0. The Bertz CT molecular complexity index is 677. The number of unbranched alkanes of at least 4 members (excludes halogenated alkanes) is 34. The molecule has 0 aliphatic heterocycles. The van der Waals surface area contributed by atoms with E-state index in [9.17, 15) is 9.59 Å². The molecule has 1 N–H and O–H groups in total. The average Bonchev–Trinajstić information content (AvgIpc) is 3.10. The van der Waals surface area contributed by atoms with E-state index in [1.54, 1.807) is 0 Å². The minimum atomic E-state index is -0.677. The van der Waals surface area contributed by atoms with Crippen molar-refractivity contribution < 1.29 is 19.4 Å². The third-order valence-electron chi connectivity index (χ3n) is 10.8. The number of esters is 1. The molecule has 0 heterocycles. The van der Waals surface area contributed by atoms with Crippen LogP contribution in [0.1, 0.15) is 277 Å². The van der Waals surface area contributed by atoms with Gasteiger partial charge in [0.15, 0.2) is 0 Å². The van der Waals surface area contributed by atoms with Crippen LogP contribution in [0.2, 0.25) is 0 Å². The van der Waals surface area contributed by atoms with Gasteiger partial charge in [-0.2, -0.15) is 0 Å². The standard InChI is InChI=1S/C46H90O4/c1-3-5-7-9-11-13-15-16-17-18-19-20-21-22-23-25-31-35-39-43-46(49)50-44(40-36-32-28-24-14-12-10-8-6-4-2)41-37-33-29-26-27-30-34-38-42-45(47)48/h44H,3-43H2,1-2H3,(H,47,48). The molecule has 0 aromatic carbocycles. The molecular formula is C46H90O4. The quantitative estimate of drug-likeness (QED) is 0.0506. The number of carbonyl (C=O) groups is 2. The zero-order chi connectivity index (χ0) is 36.4. The van der Waals surface area contributed by atoms with Gasteiger partial charge in [0.25, 0.3) is 0 Å². The molecule has 4 nitrogen and oxygen atoms in total. The van der Waals surface area contributed by atoms with Gasteiger partial charge in [-0.15, -0.1) is 0 Å². The van der Waals surface area contributed by atoms with Crippen LogP contribution < -0.4 is 0 Å². The van der Waals surface area contributed by atoms with Crippen molar-refractivity contribution >= 4 is 11.9 Å². The van der Waals surface area contributed by atoms with Gasteiger partial charge >= 0.3 is 11.9 Å². The first-order chi connectivity index (χ1) is 24.6. The number of aliphatic carboxylic acids is 1. The van der Waals surface area contributed by atoms with Crippen molar-refractivity contribution in [2.45, 2.75) is 283 Å². The Labute approximate surface area is 313 Å². The number of ether oxygens (including phenoxy) is 1. The number of carboxylic acid groups (broad SMARTS) is 1. The SMILES string of the molecule is CCCCCCCCCCCCCCCCCCCCCC(=O)OC(CCCCCCCCCCCC)CCCCCCCCCCC(=O)O. The molecule has 0 fully saturated rings. The summed E-state index contributed by atoms with van der Waals surface area (Å²) in [6, 6.07) is 0. The lowest BCUT2D eigenvalue weighted by atomic mass is 10.0. The lowest BCUT2D eigenvalue weighted by Gasteiger charge is -2.18. The van der Waals surface area contributed by atoms with Crippen molar-refractivity contribution in [1.82, 2.24) is 0 Å². The number of rotatable bonds is 43. The molecule has 0 saturated carbocycles. The predicted octanol–water partition coefficient (Wildman–Crippen LogP) is 16.0. The van der Waals surface area contributed by atoms with Gasteiger partial charge in [0.1, 0.15) is 6.10 Å². The lowest BCUT2D eigenvalue weighted by molar-refractivity contribution is -0.150. The monoisotopic (exact) mass is 707 g/mol. The van der Waals surface area contributed by atoms with Crippen LogP contribution in [0.5, 0.6) is 0 Å². The molecule has 0 rings (SSSR count). The minimum absolute atomic E-state index is 0.0374. The first-order valence-electron chi connectivity index (χ1n) is 23.0. The van der Waals surface area contributed by atoms with Gasteiger partial charge < -0.3 is 9.84 Å². The fourth-order valence-electron chi connectivity index (χ4n) is 7.42. The largest absolute Gasteiger partial charge is 0.481 e. The summed E-state index contributed by atoms with van der Waals surface area (Å²) in [6.07, 6.45) is 51.5. The number of carboxylic acids is 1. The van der Waals surface area contributed by atoms with Gasteiger partial charge in [-0.3, -0.25) is 9.59 Å². The van der Waals surface area contributed by atoms with Gasteiger partial charge in [0.05, 0.1) is 0 Å². The van der Waals surface area contributed by atoms with E-state index in [1.165, 1.54) is 199 Å². The molecule has 0 aromatic heterocycles. The van der Waals surface area contributed by atoms with Crippen molar-refractivity contribution in [3.05, 3.63) is 0 Å². The van der Waals surface area contributed by atoms with Crippen LogP contribution >= 0.6 is 0 Å². The molecule has 4 heteroatoms. The normalized spacial score (nSPS) is 12.0. The zero-order valence-electron chi connectivity index (χ0n) is 34.2. The first-order valence-corrected chi connectivity index (χ1v) is 23.0. The highest BCUT2D eigenvalue weighted by molar-refractivity contribution is 5.69. The highest BCUT2D eigenvalue weighted by Crippen LogP contribution is 2.20. The topological polar surface area (TPSA) is 63.6 Å². The molecule has 0 spiro atoms. The van der Waals surface area contributed by atoms with Crippen molar-refractivity contribution in [1.29, 1.82) is 0 Å². The van der Waals surface area contributed by atoms with Gasteiger partial charge in [-0.05, 0) is 38.5 Å². The fraction of sp³-hybridized carbons (Fsp3) is 0.957. The van der Waals surface area contributed by atoms with Crippen LogP contribution in [-0.4, -0.2) is 23.1 Å². The van der Waals surface area contributed by atoms with Gasteiger partial charge in [0, 0.05) is 12.8 Å².